The monoisotopic (exact) mass is 364 g/mol. The summed E-state index contributed by atoms with van der Waals surface area (Å²) in [5.41, 5.74) is 0. The molecule has 1 fully saturated rings. The van der Waals surface area contributed by atoms with Gasteiger partial charge in [0, 0.05) is 38.8 Å². The molecule has 0 radical (unpaired) electrons. The van der Waals surface area contributed by atoms with Crippen LogP contribution in [0.5, 0.6) is 0 Å². The van der Waals surface area contributed by atoms with Gasteiger partial charge in [0.25, 0.3) is 0 Å². The summed E-state index contributed by atoms with van der Waals surface area (Å²) in [7, 11) is 0. The van der Waals surface area contributed by atoms with E-state index in [2.05, 4.69) is 30.1 Å². The summed E-state index contributed by atoms with van der Waals surface area (Å²) in [6.07, 6.45) is 1.32. The number of aromatic carboxylic acids is 1. The number of aliphatic hydroxyl groups is 1. The summed E-state index contributed by atoms with van der Waals surface area (Å²) >= 11 is 1.06. The predicted molar refractivity (Wildman–Crippen MR) is 94.9 cm³/mol. The van der Waals surface area contributed by atoms with E-state index >= 15 is 0 Å². The van der Waals surface area contributed by atoms with Crippen LogP contribution in [0.4, 0.5) is 16.8 Å². The van der Waals surface area contributed by atoms with Crippen LogP contribution in [0.15, 0.2) is 12.3 Å². The lowest BCUT2D eigenvalue weighted by Gasteiger charge is -2.35. The van der Waals surface area contributed by atoms with Crippen LogP contribution in [0.3, 0.4) is 0 Å². The highest BCUT2D eigenvalue weighted by atomic mass is 32.1. The largest absolute Gasteiger partial charge is 0.477 e. The summed E-state index contributed by atoms with van der Waals surface area (Å²) < 4.78 is 0. The standard InChI is InChI=1S/C15H20N6O3S/c1-10-17-12(19-15-16-9-11(25-15)14(23)24)8-13(18-10)21-4-2-20(3-5-21)6-7-22/h8-9,22H,2-7H2,1H3,(H,23,24)(H,16,17,18,19). The number of carboxylic acids is 1. The van der Waals surface area contributed by atoms with Crippen molar-refractivity contribution in [2.24, 2.45) is 0 Å². The van der Waals surface area contributed by atoms with Gasteiger partial charge in [-0.1, -0.05) is 11.3 Å². The van der Waals surface area contributed by atoms with E-state index in [9.17, 15) is 4.79 Å². The Morgan fingerprint density at radius 2 is 2.08 bits per heavy atom. The summed E-state index contributed by atoms with van der Waals surface area (Å²) in [6, 6.07) is 1.84. The van der Waals surface area contributed by atoms with E-state index in [1.807, 2.05) is 13.0 Å². The number of nitrogens with zero attached hydrogens (tertiary/aromatic N) is 5. The topological polar surface area (TPSA) is 115 Å². The highest BCUT2D eigenvalue weighted by Gasteiger charge is 2.19. The lowest BCUT2D eigenvalue weighted by atomic mass is 10.3. The van der Waals surface area contributed by atoms with Crippen molar-refractivity contribution < 1.29 is 15.0 Å². The molecule has 0 unspecified atom stereocenters. The van der Waals surface area contributed by atoms with Crippen molar-refractivity contribution in [1.82, 2.24) is 19.9 Å². The third kappa shape index (κ3) is 4.41. The molecular formula is C15H20N6O3S. The van der Waals surface area contributed by atoms with Gasteiger partial charge in [0.1, 0.15) is 22.3 Å². The van der Waals surface area contributed by atoms with Crippen molar-refractivity contribution in [3.05, 3.63) is 23.0 Å². The van der Waals surface area contributed by atoms with Crippen LogP contribution >= 0.6 is 11.3 Å². The Balaban J connectivity index is 1.71. The Morgan fingerprint density at radius 1 is 1.32 bits per heavy atom. The van der Waals surface area contributed by atoms with Gasteiger partial charge in [0.15, 0.2) is 5.13 Å². The van der Waals surface area contributed by atoms with Gasteiger partial charge in [-0.2, -0.15) is 0 Å². The summed E-state index contributed by atoms with van der Waals surface area (Å²) in [4.78, 5) is 28.4. The number of nitrogens with one attached hydrogen (secondary N) is 1. The second-order valence-electron chi connectivity index (χ2n) is 5.67. The zero-order valence-corrected chi connectivity index (χ0v) is 14.7. The quantitative estimate of drug-likeness (QED) is 0.684. The fourth-order valence-corrected chi connectivity index (χ4v) is 3.32. The molecule has 1 aliphatic rings. The molecule has 2 aromatic heterocycles. The first kappa shape index (κ1) is 17.5. The number of β-amino-alcohol motifs (C(OH)–C–C–N with tert-alkyl or cyclic N) is 1. The summed E-state index contributed by atoms with van der Waals surface area (Å²) in [5, 5.41) is 21.5. The van der Waals surface area contributed by atoms with Gasteiger partial charge in [-0.25, -0.2) is 19.7 Å². The number of aliphatic hydroxyl groups excluding tert-OH is 1. The summed E-state index contributed by atoms with van der Waals surface area (Å²) in [6.45, 7) is 6.10. The Labute approximate surface area is 149 Å². The smallest absolute Gasteiger partial charge is 0.347 e. The fraction of sp³-hybridized carbons (Fsp3) is 0.467. The van der Waals surface area contributed by atoms with Gasteiger partial charge in [0.2, 0.25) is 0 Å². The maximum absolute atomic E-state index is 10.9. The number of carbonyl (C=O) groups is 1. The molecule has 10 heteroatoms. The number of hydrogen-bond donors (Lipinski definition) is 3. The van der Waals surface area contributed by atoms with E-state index in [0.29, 0.717) is 23.3 Å². The second-order valence-corrected chi connectivity index (χ2v) is 6.70. The van der Waals surface area contributed by atoms with Crippen LogP contribution in [-0.4, -0.2) is 75.4 Å². The number of carboxylic acid groups (broad SMARTS) is 1. The van der Waals surface area contributed by atoms with Crippen molar-refractivity contribution in [2.75, 3.05) is 49.5 Å². The Kier molecular flexibility index (Phi) is 5.41. The number of hydrogen-bond acceptors (Lipinski definition) is 9. The highest BCUT2D eigenvalue weighted by molar-refractivity contribution is 7.17. The molecule has 0 amide bonds. The Hall–Kier alpha value is -2.30. The minimum atomic E-state index is -0.995. The Morgan fingerprint density at radius 3 is 2.72 bits per heavy atom. The fourth-order valence-electron chi connectivity index (χ4n) is 2.66. The zero-order chi connectivity index (χ0) is 17.8. The van der Waals surface area contributed by atoms with E-state index in [0.717, 1.165) is 43.3 Å². The van der Waals surface area contributed by atoms with Crippen LogP contribution in [0.1, 0.15) is 15.5 Å². The molecule has 3 heterocycles. The van der Waals surface area contributed by atoms with Gasteiger partial charge < -0.3 is 20.4 Å². The zero-order valence-electron chi connectivity index (χ0n) is 13.8. The van der Waals surface area contributed by atoms with Crippen LogP contribution < -0.4 is 10.2 Å². The molecule has 0 bridgehead atoms. The highest BCUT2D eigenvalue weighted by Crippen LogP contribution is 2.24. The van der Waals surface area contributed by atoms with Gasteiger partial charge in [-0.15, -0.1) is 0 Å². The van der Waals surface area contributed by atoms with Gasteiger partial charge in [0.05, 0.1) is 12.8 Å². The molecule has 0 saturated carbocycles. The molecule has 134 valence electrons. The normalized spacial score (nSPS) is 15.4. The third-order valence-corrected chi connectivity index (χ3v) is 4.79. The first-order chi connectivity index (χ1) is 12.0. The predicted octanol–water partition coefficient (Wildman–Crippen LogP) is 0.798. The average molecular weight is 364 g/mol. The van der Waals surface area contributed by atoms with E-state index in [-0.39, 0.29) is 11.5 Å². The van der Waals surface area contributed by atoms with Crippen LogP contribution in [0, 0.1) is 6.92 Å². The van der Waals surface area contributed by atoms with E-state index in [1.165, 1.54) is 6.20 Å². The minimum Gasteiger partial charge on any atom is -0.477 e. The van der Waals surface area contributed by atoms with Crippen LogP contribution in [-0.2, 0) is 0 Å². The van der Waals surface area contributed by atoms with Crippen molar-refractivity contribution in [3.8, 4) is 0 Å². The number of thiazole rings is 1. The Bertz CT molecular complexity index is 745. The van der Waals surface area contributed by atoms with E-state index in [1.54, 1.807) is 0 Å². The lowest BCUT2D eigenvalue weighted by molar-refractivity contribution is 0.0702. The molecule has 2 aromatic rings. The lowest BCUT2D eigenvalue weighted by Crippen LogP contribution is -2.47. The molecule has 3 rings (SSSR count). The molecule has 0 spiro atoms. The summed E-state index contributed by atoms with van der Waals surface area (Å²) in [5.74, 6) is 1.05. The van der Waals surface area contributed by atoms with Crippen molar-refractivity contribution in [2.45, 2.75) is 6.92 Å². The molecule has 0 aliphatic carbocycles. The molecule has 1 saturated heterocycles. The van der Waals surface area contributed by atoms with Gasteiger partial charge in [-0.3, -0.25) is 4.90 Å². The molecule has 3 N–H and O–H groups in total. The second kappa shape index (κ2) is 7.72. The maximum Gasteiger partial charge on any atom is 0.347 e. The first-order valence-corrected chi connectivity index (χ1v) is 8.77. The number of aryl methyl sites for hydroxylation is 1. The van der Waals surface area contributed by atoms with E-state index in [4.69, 9.17) is 10.2 Å². The first-order valence-electron chi connectivity index (χ1n) is 7.95. The maximum atomic E-state index is 10.9. The number of anilines is 3. The molecule has 0 atom stereocenters. The van der Waals surface area contributed by atoms with Gasteiger partial charge >= 0.3 is 5.97 Å². The third-order valence-electron chi connectivity index (χ3n) is 3.89. The van der Waals surface area contributed by atoms with Gasteiger partial charge in [-0.05, 0) is 6.92 Å². The van der Waals surface area contributed by atoms with E-state index < -0.39 is 5.97 Å². The molecule has 0 aromatic carbocycles. The van der Waals surface area contributed by atoms with Crippen molar-refractivity contribution >= 4 is 34.1 Å². The molecule has 25 heavy (non-hydrogen) atoms. The molecule has 9 nitrogen and oxygen atoms in total. The van der Waals surface area contributed by atoms with Crippen molar-refractivity contribution in [3.63, 3.8) is 0 Å². The van der Waals surface area contributed by atoms with Crippen molar-refractivity contribution in [1.29, 1.82) is 0 Å². The minimum absolute atomic E-state index is 0.173. The van der Waals surface area contributed by atoms with Crippen LogP contribution in [0.2, 0.25) is 0 Å². The number of aromatic nitrogens is 3. The number of piperazine rings is 1. The molecule has 1 aliphatic heterocycles. The van der Waals surface area contributed by atoms with Crippen LogP contribution in [0.25, 0.3) is 0 Å². The SMILES string of the molecule is Cc1nc(Nc2ncc(C(=O)O)s2)cc(N2CCN(CCO)CC2)n1. The average Bonchev–Trinajstić information content (AvgIpc) is 3.04. The number of rotatable bonds is 6. The molecular weight excluding hydrogens is 344 g/mol.